The molecule has 0 aliphatic carbocycles. The Morgan fingerprint density at radius 3 is 2.38 bits per heavy atom. The van der Waals surface area contributed by atoms with Gasteiger partial charge in [0, 0.05) is 36.9 Å². The second-order valence-corrected chi connectivity index (χ2v) is 8.97. The van der Waals surface area contributed by atoms with Crippen molar-refractivity contribution in [2.75, 3.05) is 31.6 Å². The molecular weight excluding hydrogens is 470 g/mol. The molecule has 1 atom stereocenters. The molecule has 1 unspecified atom stereocenters. The van der Waals surface area contributed by atoms with Gasteiger partial charge in [-0.05, 0) is 39.3 Å². The average molecular weight is 502 g/mol. The summed E-state index contributed by atoms with van der Waals surface area (Å²) in [5.41, 5.74) is 2.83. The lowest BCUT2D eigenvalue weighted by molar-refractivity contribution is 0.0505. The molecule has 1 aromatic heterocycles. The van der Waals surface area contributed by atoms with Gasteiger partial charge < -0.3 is 19.9 Å². The van der Waals surface area contributed by atoms with Gasteiger partial charge in [0.1, 0.15) is 17.1 Å². The SMILES string of the molecule is CCOC(=O)c1c(C(=O)N2CCN(C(=O)Nc3ccccc3C)C(C)C2)nc(C)nc1-c1ccccc1. The van der Waals surface area contributed by atoms with Crippen molar-refractivity contribution in [2.45, 2.75) is 33.7 Å². The molecule has 37 heavy (non-hydrogen) atoms. The van der Waals surface area contributed by atoms with Gasteiger partial charge in [0.05, 0.1) is 12.3 Å². The number of hydrogen-bond donors (Lipinski definition) is 1. The molecule has 2 heterocycles. The van der Waals surface area contributed by atoms with Crippen LogP contribution in [-0.2, 0) is 4.74 Å². The van der Waals surface area contributed by atoms with Crippen molar-refractivity contribution >= 4 is 23.6 Å². The Bertz CT molecular complexity index is 1310. The molecule has 1 fully saturated rings. The van der Waals surface area contributed by atoms with Crippen LogP contribution >= 0.6 is 0 Å². The van der Waals surface area contributed by atoms with Crippen molar-refractivity contribution in [3.63, 3.8) is 0 Å². The van der Waals surface area contributed by atoms with E-state index in [1.165, 1.54) is 0 Å². The maximum atomic E-state index is 13.7. The first kappa shape index (κ1) is 25.8. The number of aryl methyl sites for hydroxylation is 2. The topological polar surface area (TPSA) is 105 Å². The summed E-state index contributed by atoms with van der Waals surface area (Å²) < 4.78 is 5.29. The summed E-state index contributed by atoms with van der Waals surface area (Å²) in [7, 11) is 0. The molecule has 1 N–H and O–H groups in total. The number of ether oxygens (including phenoxy) is 1. The van der Waals surface area contributed by atoms with E-state index in [0.717, 1.165) is 11.3 Å². The zero-order valence-electron chi connectivity index (χ0n) is 21.5. The second-order valence-electron chi connectivity index (χ2n) is 8.97. The highest BCUT2D eigenvalue weighted by atomic mass is 16.5. The van der Waals surface area contributed by atoms with Crippen LogP contribution in [0.25, 0.3) is 11.3 Å². The highest BCUT2D eigenvalue weighted by Gasteiger charge is 2.34. The van der Waals surface area contributed by atoms with Crippen molar-refractivity contribution in [1.29, 1.82) is 0 Å². The first-order valence-electron chi connectivity index (χ1n) is 12.3. The monoisotopic (exact) mass is 501 g/mol. The third kappa shape index (κ3) is 5.61. The minimum absolute atomic E-state index is 0.00909. The van der Waals surface area contributed by atoms with Gasteiger partial charge in [0.2, 0.25) is 0 Å². The Labute approximate surface area is 216 Å². The summed E-state index contributed by atoms with van der Waals surface area (Å²) in [6.45, 7) is 8.32. The minimum atomic E-state index is -0.644. The molecule has 192 valence electrons. The molecule has 0 bridgehead atoms. The summed E-state index contributed by atoms with van der Waals surface area (Å²) in [6, 6.07) is 16.3. The number of benzene rings is 2. The Hall–Kier alpha value is -4.27. The number of urea groups is 1. The number of piperazine rings is 1. The van der Waals surface area contributed by atoms with Crippen molar-refractivity contribution in [2.24, 2.45) is 0 Å². The normalized spacial score (nSPS) is 15.3. The number of rotatable bonds is 5. The Morgan fingerprint density at radius 1 is 1.00 bits per heavy atom. The molecule has 2 aromatic carbocycles. The number of nitrogens with one attached hydrogen (secondary N) is 1. The van der Waals surface area contributed by atoms with Crippen molar-refractivity contribution < 1.29 is 19.1 Å². The van der Waals surface area contributed by atoms with E-state index in [1.54, 1.807) is 23.6 Å². The lowest BCUT2D eigenvalue weighted by atomic mass is 10.0. The van der Waals surface area contributed by atoms with E-state index in [4.69, 9.17) is 4.74 Å². The zero-order chi connectivity index (χ0) is 26.5. The molecule has 1 saturated heterocycles. The summed E-state index contributed by atoms with van der Waals surface area (Å²) in [5.74, 6) is -0.662. The maximum absolute atomic E-state index is 13.7. The molecule has 9 heteroatoms. The molecule has 3 aromatic rings. The number of hydrogen-bond acceptors (Lipinski definition) is 6. The number of para-hydroxylation sites is 1. The van der Waals surface area contributed by atoms with Crippen molar-refractivity contribution in [3.05, 3.63) is 77.2 Å². The Morgan fingerprint density at radius 2 is 1.70 bits per heavy atom. The third-order valence-electron chi connectivity index (χ3n) is 6.31. The quantitative estimate of drug-likeness (QED) is 0.522. The number of amides is 3. The third-order valence-corrected chi connectivity index (χ3v) is 6.31. The minimum Gasteiger partial charge on any atom is -0.462 e. The average Bonchev–Trinajstić information content (AvgIpc) is 2.89. The first-order valence-corrected chi connectivity index (χ1v) is 12.3. The van der Waals surface area contributed by atoms with E-state index in [1.807, 2.05) is 68.4 Å². The van der Waals surface area contributed by atoms with Crippen LogP contribution in [0.2, 0.25) is 0 Å². The fourth-order valence-corrected chi connectivity index (χ4v) is 4.42. The number of esters is 1. The smallest absolute Gasteiger partial charge is 0.342 e. The summed E-state index contributed by atoms with van der Waals surface area (Å²) in [5, 5.41) is 2.96. The van der Waals surface area contributed by atoms with Gasteiger partial charge in [-0.25, -0.2) is 19.6 Å². The van der Waals surface area contributed by atoms with Crippen LogP contribution < -0.4 is 5.32 Å². The molecule has 1 aliphatic rings. The first-order chi connectivity index (χ1) is 17.8. The van der Waals surface area contributed by atoms with Gasteiger partial charge in [-0.1, -0.05) is 48.5 Å². The predicted molar refractivity (Wildman–Crippen MR) is 140 cm³/mol. The molecule has 0 radical (unpaired) electrons. The summed E-state index contributed by atoms with van der Waals surface area (Å²) >= 11 is 0. The second kappa shape index (κ2) is 11.2. The van der Waals surface area contributed by atoms with E-state index in [-0.39, 0.29) is 29.9 Å². The van der Waals surface area contributed by atoms with Gasteiger partial charge in [-0.3, -0.25) is 4.79 Å². The van der Waals surface area contributed by atoms with Crippen LogP contribution in [0.4, 0.5) is 10.5 Å². The number of carbonyl (C=O) groups is 3. The standard InChI is InChI=1S/C28H31N5O4/c1-5-37-27(35)23-24(21-12-7-6-8-13-21)29-20(4)30-25(23)26(34)32-15-16-33(19(3)17-32)28(36)31-22-14-10-9-11-18(22)2/h6-14,19H,5,15-17H2,1-4H3,(H,31,36). The highest BCUT2D eigenvalue weighted by molar-refractivity contribution is 6.07. The maximum Gasteiger partial charge on any atom is 0.342 e. The van der Waals surface area contributed by atoms with Gasteiger partial charge in [0.25, 0.3) is 5.91 Å². The number of carbonyl (C=O) groups excluding carboxylic acids is 3. The molecule has 0 spiro atoms. The van der Waals surface area contributed by atoms with Crippen molar-refractivity contribution in [3.8, 4) is 11.3 Å². The van der Waals surface area contributed by atoms with E-state index in [2.05, 4.69) is 15.3 Å². The molecule has 3 amide bonds. The van der Waals surface area contributed by atoms with E-state index in [9.17, 15) is 14.4 Å². The number of nitrogens with zero attached hydrogens (tertiary/aromatic N) is 4. The van der Waals surface area contributed by atoms with E-state index < -0.39 is 11.9 Å². The van der Waals surface area contributed by atoms with Crippen LogP contribution in [0.5, 0.6) is 0 Å². The molecule has 9 nitrogen and oxygen atoms in total. The van der Waals surface area contributed by atoms with E-state index in [0.29, 0.717) is 36.7 Å². The lowest BCUT2D eigenvalue weighted by Crippen LogP contribution is -2.56. The predicted octanol–water partition coefficient (Wildman–Crippen LogP) is 4.32. The fraction of sp³-hybridized carbons (Fsp3) is 0.321. The van der Waals surface area contributed by atoms with Gasteiger partial charge in [0.15, 0.2) is 0 Å². The summed E-state index contributed by atoms with van der Waals surface area (Å²) in [4.78, 5) is 51.9. The summed E-state index contributed by atoms with van der Waals surface area (Å²) in [6.07, 6.45) is 0. The van der Waals surface area contributed by atoms with Gasteiger partial charge in [-0.2, -0.15) is 0 Å². The highest BCUT2D eigenvalue weighted by Crippen LogP contribution is 2.26. The number of anilines is 1. The molecule has 4 rings (SSSR count). The van der Waals surface area contributed by atoms with E-state index >= 15 is 0 Å². The van der Waals surface area contributed by atoms with Crippen molar-refractivity contribution in [1.82, 2.24) is 19.8 Å². The largest absolute Gasteiger partial charge is 0.462 e. The Kier molecular flexibility index (Phi) is 7.81. The van der Waals surface area contributed by atoms with Crippen LogP contribution in [0, 0.1) is 13.8 Å². The zero-order valence-corrected chi connectivity index (χ0v) is 21.5. The Balaban J connectivity index is 1.59. The van der Waals surface area contributed by atoms with Crippen LogP contribution in [0.3, 0.4) is 0 Å². The number of aromatic nitrogens is 2. The van der Waals surface area contributed by atoms with Gasteiger partial charge in [-0.15, -0.1) is 0 Å². The lowest BCUT2D eigenvalue weighted by Gasteiger charge is -2.39. The molecule has 1 aliphatic heterocycles. The van der Waals surface area contributed by atoms with Gasteiger partial charge >= 0.3 is 12.0 Å². The van der Waals surface area contributed by atoms with Crippen LogP contribution in [0.15, 0.2) is 54.6 Å². The molecule has 0 saturated carbocycles. The van der Waals surface area contributed by atoms with Crippen LogP contribution in [0.1, 0.15) is 46.1 Å². The molecular formula is C28H31N5O4. The van der Waals surface area contributed by atoms with Crippen LogP contribution in [-0.4, -0.2) is 70.0 Å². The fourth-order valence-electron chi connectivity index (χ4n) is 4.42.